The second kappa shape index (κ2) is 5.34. The van der Waals surface area contributed by atoms with Gasteiger partial charge in [-0.25, -0.2) is 0 Å². The molecule has 1 heterocycles. The van der Waals surface area contributed by atoms with Crippen LogP contribution in [0.1, 0.15) is 17.2 Å². The van der Waals surface area contributed by atoms with Crippen LogP contribution in [0.2, 0.25) is 10.0 Å². The van der Waals surface area contributed by atoms with Crippen molar-refractivity contribution < 1.29 is 4.79 Å². The van der Waals surface area contributed by atoms with Gasteiger partial charge in [0.25, 0.3) is 0 Å². The van der Waals surface area contributed by atoms with E-state index in [-0.39, 0.29) is 11.9 Å². The predicted molar refractivity (Wildman–Crippen MR) is 85.8 cm³/mol. The Bertz CT molecular complexity index is 700. The Balaban J connectivity index is 2.00. The maximum Gasteiger partial charge on any atom is 0.247 e. The van der Waals surface area contributed by atoms with Crippen LogP contribution in [0.15, 0.2) is 42.5 Å². The minimum atomic E-state index is -0.579. The number of carbonyl (C=O) groups excluding carboxylic acids is 1. The quantitative estimate of drug-likeness (QED) is 0.857. The maximum atomic E-state index is 12.1. The molecular formula is C16H14Cl2N2O. The summed E-state index contributed by atoms with van der Waals surface area (Å²) in [5.41, 5.74) is 8.75. The Morgan fingerprint density at radius 2 is 1.76 bits per heavy atom. The largest absolute Gasteiger partial charge is 0.318 e. The minimum absolute atomic E-state index is 0.102. The first-order chi connectivity index (χ1) is 9.99. The van der Waals surface area contributed by atoms with Crippen molar-refractivity contribution in [1.29, 1.82) is 0 Å². The second-order valence-corrected chi connectivity index (χ2v) is 6.02. The van der Waals surface area contributed by atoms with Crippen LogP contribution in [0.3, 0.4) is 0 Å². The van der Waals surface area contributed by atoms with Crippen molar-refractivity contribution in [3.63, 3.8) is 0 Å². The van der Waals surface area contributed by atoms with Crippen LogP contribution < -0.4 is 10.6 Å². The third-order valence-electron chi connectivity index (χ3n) is 3.73. The number of hydrogen-bond donors (Lipinski definition) is 1. The number of hydrogen-bond acceptors (Lipinski definition) is 2. The lowest BCUT2D eigenvalue weighted by Crippen LogP contribution is -2.63. The van der Waals surface area contributed by atoms with Gasteiger partial charge in [-0.3, -0.25) is 4.79 Å². The van der Waals surface area contributed by atoms with Crippen molar-refractivity contribution in [3.8, 4) is 0 Å². The highest BCUT2D eigenvalue weighted by Crippen LogP contribution is 2.41. The van der Waals surface area contributed by atoms with E-state index >= 15 is 0 Å². The third kappa shape index (κ3) is 2.42. The second-order valence-electron chi connectivity index (χ2n) is 5.18. The molecule has 1 aliphatic heterocycles. The standard InChI is InChI=1S/C16H14Cl2N2O/c1-9-2-5-11(6-3-9)20-15(14(19)16(20)21)12-7-4-10(17)8-13(12)18/h2-8,14-15H,19H2,1H3. The Hall–Kier alpha value is -1.55. The van der Waals surface area contributed by atoms with E-state index < -0.39 is 6.04 Å². The summed E-state index contributed by atoms with van der Waals surface area (Å²) in [6.45, 7) is 2.00. The summed E-state index contributed by atoms with van der Waals surface area (Å²) >= 11 is 12.2. The van der Waals surface area contributed by atoms with Crippen LogP contribution in [0.5, 0.6) is 0 Å². The molecule has 0 spiro atoms. The Morgan fingerprint density at radius 1 is 1.10 bits per heavy atom. The molecule has 0 aliphatic carbocycles. The molecule has 3 nitrogen and oxygen atoms in total. The molecule has 1 amide bonds. The Labute approximate surface area is 133 Å². The summed E-state index contributed by atoms with van der Waals surface area (Å²) in [5, 5.41) is 1.08. The lowest BCUT2D eigenvalue weighted by atomic mass is 9.88. The van der Waals surface area contributed by atoms with Gasteiger partial charge in [-0.2, -0.15) is 0 Å². The number of benzene rings is 2. The Kier molecular flexibility index (Phi) is 3.66. The third-order valence-corrected chi connectivity index (χ3v) is 4.30. The molecule has 1 saturated heterocycles. The van der Waals surface area contributed by atoms with Crippen LogP contribution in [-0.4, -0.2) is 11.9 Å². The average Bonchev–Trinajstić information content (AvgIpc) is 2.46. The van der Waals surface area contributed by atoms with E-state index in [1.54, 1.807) is 17.0 Å². The van der Waals surface area contributed by atoms with E-state index in [1.165, 1.54) is 0 Å². The number of nitrogens with two attached hydrogens (primary N) is 1. The molecule has 1 fully saturated rings. The van der Waals surface area contributed by atoms with Gasteiger partial charge in [0, 0.05) is 15.7 Å². The van der Waals surface area contributed by atoms with Crippen LogP contribution in [0.25, 0.3) is 0 Å². The van der Waals surface area contributed by atoms with Gasteiger partial charge >= 0.3 is 0 Å². The molecule has 0 bridgehead atoms. The van der Waals surface area contributed by atoms with Crippen molar-refractivity contribution in [1.82, 2.24) is 0 Å². The number of nitrogens with zero attached hydrogens (tertiary/aromatic N) is 1. The number of carbonyl (C=O) groups is 1. The summed E-state index contributed by atoms with van der Waals surface area (Å²) in [6, 6.07) is 12.2. The molecule has 3 rings (SSSR count). The number of amides is 1. The summed E-state index contributed by atoms with van der Waals surface area (Å²) in [4.78, 5) is 13.8. The monoisotopic (exact) mass is 320 g/mol. The van der Waals surface area contributed by atoms with Gasteiger partial charge in [0.15, 0.2) is 0 Å². The fourth-order valence-corrected chi connectivity index (χ4v) is 3.10. The highest BCUT2D eigenvalue weighted by molar-refractivity contribution is 6.35. The lowest BCUT2D eigenvalue weighted by Gasteiger charge is -2.46. The van der Waals surface area contributed by atoms with E-state index in [0.717, 1.165) is 16.8 Å². The van der Waals surface area contributed by atoms with E-state index in [0.29, 0.717) is 10.0 Å². The maximum absolute atomic E-state index is 12.1. The summed E-state index contributed by atoms with van der Waals surface area (Å²) in [7, 11) is 0. The van der Waals surface area contributed by atoms with Gasteiger partial charge in [-0.1, -0.05) is 47.0 Å². The first-order valence-corrected chi connectivity index (χ1v) is 7.35. The normalized spacial score (nSPS) is 21.3. The fraction of sp³-hybridized carbons (Fsp3) is 0.188. The smallest absolute Gasteiger partial charge is 0.247 e. The highest BCUT2D eigenvalue weighted by Gasteiger charge is 2.47. The van der Waals surface area contributed by atoms with Crippen molar-refractivity contribution in [2.45, 2.75) is 19.0 Å². The molecule has 2 unspecified atom stereocenters. The minimum Gasteiger partial charge on any atom is -0.318 e. The molecule has 1 aliphatic rings. The first kappa shape index (κ1) is 14.4. The summed E-state index contributed by atoms with van der Waals surface area (Å²) < 4.78 is 0. The molecule has 108 valence electrons. The molecule has 2 aromatic rings. The molecule has 0 saturated carbocycles. The average molecular weight is 321 g/mol. The molecular weight excluding hydrogens is 307 g/mol. The number of rotatable bonds is 2. The van der Waals surface area contributed by atoms with Crippen molar-refractivity contribution in [2.24, 2.45) is 5.73 Å². The molecule has 0 aromatic heterocycles. The SMILES string of the molecule is Cc1ccc(N2C(=O)C(N)C2c2ccc(Cl)cc2Cl)cc1. The molecule has 0 radical (unpaired) electrons. The zero-order chi connectivity index (χ0) is 15.1. The van der Waals surface area contributed by atoms with E-state index in [1.807, 2.05) is 37.3 Å². The summed E-state index contributed by atoms with van der Waals surface area (Å²) in [6.07, 6.45) is 0. The molecule has 5 heteroatoms. The van der Waals surface area contributed by atoms with E-state index in [4.69, 9.17) is 28.9 Å². The van der Waals surface area contributed by atoms with Gasteiger partial charge in [-0.15, -0.1) is 0 Å². The van der Waals surface area contributed by atoms with Crippen LogP contribution in [-0.2, 0) is 4.79 Å². The number of β-lactam (4-membered cyclic amide) rings is 1. The fourth-order valence-electron chi connectivity index (χ4n) is 2.58. The predicted octanol–water partition coefficient (Wildman–Crippen LogP) is 3.72. The zero-order valence-electron chi connectivity index (χ0n) is 11.4. The van der Waals surface area contributed by atoms with Gasteiger partial charge in [0.1, 0.15) is 6.04 Å². The number of aryl methyl sites for hydroxylation is 1. The lowest BCUT2D eigenvalue weighted by molar-refractivity contribution is -0.126. The van der Waals surface area contributed by atoms with Crippen molar-refractivity contribution in [2.75, 3.05) is 4.90 Å². The van der Waals surface area contributed by atoms with Gasteiger partial charge in [0.2, 0.25) is 5.91 Å². The molecule has 2 N–H and O–H groups in total. The van der Waals surface area contributed by atoms with Gasteiger partial charge in [-0.05, 0) is 36.8 Å². The van der Waals surface area contributed by atoms with Crippen molar-refractivity contribution in [3.05, 3.63) is 63.6 Å². The summed E-state index contributed by atoms with van der Waals surface area (Å²) in [5.74, 6) is -0.102. The number of halogens is 2. The zero-order valence-corrected chi connectivity index (χ0v) is 12.9. The molecule has 2 atom stereocenters. The van der Waals surface area contributed by atoms with Gasteiger partial charge < -0.3 is 10.6 Å². The molecule has 2 aromatic carbocycles. The van der Waals surface area contributed by atoms with E-state index in [9.17, 15) is 4.79 Å². The number of anilines is 1. The van der Waals surface area contributed by atoms with Gasteiger partial charge in [0.05, 0.1) is 6.04 Å². The van der Waals surface area contributed by atoms with Crippen molar-refractivity contribution >= 4 is 34.8 Å². The topological polar surface area (TPSA) is 46.3 Å². The first-order valence-electron chi connectivity index (χ1n) is 6.59. The Morgan fingerprint density at radius 3 is 2.38 bits per heavy atom. The van der Waals surface area contributed by atoms with Crippen LogP contribution >= 0.6 is 23.2 Å². The highest BCUT2D eigenvalue weighted by atomic mass is 35.5. The van der Waals surface area contributed by atoms with E-state index in [2.05, 4.69) is 0 Å². The molecule has 21 heavy (non-hydrogen) atoms. The van der Waals surface area contributed by atoms with Crippen LogP contribution in [0.4, 0.5) is 5.69 Å². The van der Waals surface area contributed by atoms with Crippen LogP contribution in [0, 0.1) is 6.92 Å².